The smallest absolute Gasteiger partial charge is 0.343 e. The van der Waals surface area contributed by atoms with Crippen LogP contribution in [0.15, 0.2) is 90.1 Å². The second-order valence-electron chi connectivity index (χ2n) is 15.9. The maximum absolute atomic E-state index is 12.3. The molecule has 19 heteroatoms. The summed E-state index contributed by atoms with van der Waals surface area (Å²) in [6.45, 7) is 26.0. The third-order valence-corrected chi connectivity index (χ3v) is 12.1. The van der Waals surface area contributed by atoms with Gasteiger partial charge in [-0.05, 0) is 126 Å². The minimum absolute atomic E-state index is 0. The van der Waals surface area contributed by atoms with Crippen molar-refractivity contribution in [2.45, 2.75) is 92.9 Å². The number of methoxy groups -OCH3 is 2. The van der Waals surface area contributed by atoms with Crippen molar-refractivity contribution in [3.8, 4) is 23.0 Å². The summed E-state index contributed by atoms with van der Waals surface area (Å²) in [4.78, 5) is 49.5. The molecule has 1 aliphatic heterocycles. The Morgan fingerprint density at radius 2 is 1.05 bits per heavy atom. The number of alkyl halides is 1. The standard InChI is InChI=1S/C20H20Cl2O5.C13H14Cl2O2.C12H15ClO2.C6H15N.C4H8O.CH3NO.ClH.H2/c1-3-4-11-26-14-7-5-13(6-8-14)17(23)12-27-20(24)18-15(21)9-10-16(22)19(18)25-2;1-4-8(2)7-11(16)12-9(14)5-6-10(15)13(12)17-3;1-2-3-8-15-11-6-4-10(5-7-11)12(14)9-13;1-4-7(5-2)6-3;1-2-4-5-3-1;1-2-3;;/h5-10H,3-4,11-12H2,1-2H3;5-6H,2,4,7H2,1,3H3;4-7H,2-3,8-9H2,1H3;4-6H2,1-3H3;1-4H2;3H,1H2;2*1H/i;;;;;;;1+1. The zero-order valence-corrected chi connectivity index (χ0v) is 49.1. The molecule has 1 aliphatic rings. The lowest BCUT2D eigenvalue weighted by Gasteiger charge is -2.11. The number of nitrogens with one attached hydrogen (secondary N) is 1. The van der Waals surface area contributed by atoms with Gasteiger partial charge in [0.15, 0.2) is 29.7 Å². The van der Waals surface area contributed by atoms with Crippen molar-refractivity contribution in [1.82, 2.24) is 0 Å². The van der Waals surface area contributed by atoms with E-state index in [0.29, 0.717) is 44.8 Å². The first-order valence-electron chi connectivity index (χ1n) is 24.5. The largest absolute Gasteiger partial charge is 1.00 e. The molecule has 1 saturated heterocycles. The lowest BCUT2D eigenvalue weighted by Crippen LogP contribution is -3.11. The van der Waals surface area contributed by atoms with E-state index in [1.807, 2.05) is 6.92 Å². The summed E-state index contributed by atoms with van der Waals surface area (Å²) in [7, 11) is 2.83. The summed E-state index contributed by atoms with van der Waals surface area (Å²) in [5.74, 6) is 0.631. The number of oxime groups is 1. The SMILES string of the molecule is C1CCOC1.C=C(CC)CC(=O)c1c(Cl)ccc(Cl)c1OC.C=NO.CCCCOc1ccc(C(=O)CCl)cc1.CCCCOc1ccc(C(=O)COC(=O)c2c(Cl)ccc(Cl)c2OC)cc1.CC[NH+](CC)CC.[2HH].[Cl-]. The van der Waals surface area contributed by atoms with E-state index < -0.39 is 12.6 Å². The first-order valence-corrected chi connectivity index (χ1v) is 26.6. The van der Waals surface area contributed by atoms with Crippen LogP contribution in [0.3, 0.4) is 0 Å². The van der Waals surface area contributed by atoms with Crippen LogP contribution in [0.2, 0.25) is 20.1 Å². The van der Waals surface area contributed by atoms with Crippen LogP contribution < -0.4 is 36.3 Å². The summed E-state index contributed by atoms with van der Waals surface area (Å²) >= 11 is 29.5. The van der Waals surface area contributed by atoms with E-state index in [1.165, 1.54) is 58.8 Å². The van der Waals surface area contributed by atoms with Gasteiger partial charge in [0.2, 0.25) is 0 Å². The number of nitrogens with zero attached hydrogens (tertiary/aromatic N) is 1. The maximum Gasteiger partial charge on any atom is 0.343 e. The zero-order chi connectivity index (χ0) is 55.8. The van der Waals surface area contributed by atoms with Gasteiger partial charge in [0.05, 0.1) is 78.6 Å². The third-order valence-electron chi connectivity index (χ3n) is 10.6. The molecular weight excluding hydrogens is 1090 g/mol. The van der Waals surface area contributed by atoms with E-state index in [-0.39, 0.29) is 64.8 Å². The van der Waals surface area contributed by atoms with Gasteiger partial charge < -0.3 is 50.9 Å². The quantitative estimate of drug-likeness (QED) is 0.0106. The molecule has 420 valence electrons. The van der Waals surface area contributed by atoms with Crippen LogP contribution in [-0.2, 0) is 9.47 Å². The number of carbonyl (C=O) groups is 4. The predicted octanol–water partition coefficient (Wildman–Crippen LogP) is 11.1. The molecule has 1 heterocycles. The van der Waals surface area contributed by atoms with Gasteiger partial charge in [-0.25, -0.2) is 4.79 Å². The van der Waals surface area contributed by atoms with Crippen molar-refractivity contribution in [2.24, 2.45) is 5.16 Å². The molecule has 13 nitrogen and oxygen atoms in total. The second-order valence-corrected chi connectivity index (χ2v) is 17.8. The number of ether oxygens (including phenoxy) is 6. The summed E-state index contributed by atoms with van der Waals surface area (Å²) in [6.07, 6.45) is 7.74. The Hall–Kier alpha value is -4.57. The predicted molar refractivity (Wildman–Crippen MR) is 304 cm³/mol. The summed E-state index contributed by atoms with van der Waals surface area (Å²) in [5, 5.41) is 10.4. The van der Waals surface area contributed by atoms with Crippen LogP contribution in [0, 0.1) is 0 Å². The molecule has 1 fully saturated rings. The van der Waals surface area contributed by atoms with Crippen molar-refractivity contribution in [1.29, 1.82) is 0 Å². The van der Waals surface area contributed by atoms with Gasteiger partial charge in [0, 0.05) is 38.9 Å². The first-order chi connectivity index (χ1) is 35.5. The molecule has 0 unspecified atom stereocenters. The molecule has 0 spiro atoms. The lowest BCUT2D eigenvalue weighted by atomic mass is 10.0. The van der Waals surface area contributed by atoms with Crippen LogP contribution in [-0.4, -0.2) is 108 Å². The van der Waals surface area contributed by atoms with E-state index >= 15 is 0 Å². The molecule has 0 saturated carbocycles. The van der Waals surface area contributed by atoms with Crippen LogP contribution in [0.4, 0.5) is 0 Å². The lowest BCUT2D eigenvalue weighted by molar-refractivity contribution is -0.894. The molecule has 2 N–H and O–H groups in total. The third kappa shape index (κ3) is 29.5. The molecule has 5 rings (SSSR count). The number of halogens is 6. The minimum atomic E-state index is -0.785. The van der Waals surface area contributed by atoms with Crippen LogP contribution in [0.25, 0.3) is 0 Å². The fraction of sp³-hybridized carbons (Fsp3) is 0.446. The van der Waals surface area contributed by atoms with Crippen LogP contribution >= 0.6 is 58.0 Å². The molecule has 0 amide bonds. The molecule has 0 bridgehead atoms. The zero-order valence-electron chi connectivity index (χ0n) is 44.6. The first kappa shape index (κ1) is 72.5. The van der Waals surface area contributed by atoms with Crippen molar-refractivity contribution in [2.75, 3.05) is 72.8 Å². The Balaban J connectivity index is -0.000000942. The Bertz CT molecular complexity index is 2250. The molecule has 0 radical (unpaired) electrons. The monoisotopic (exact) mass is 1170 g/mol. The fourth-order valence-electron chi connectivity index (χ4n) is 6.12. The Labute approximate surface area is 477 Å². The van der Waals surface area contributed by atoms with Gasteiger partial charge in [-0.1, -0.05) is 92.2 Å². The second kappa shape index (κ2) is 44.5. The number of quaternary nitrogens is 1. The van der Waals surface area contributed by atoms with Gasteiger partial charge in [0.25, 0.3) is 0 Å². The van der Waals surface area contributed by atoms with Crippen molar-refractivity contribution >= 4 is 88.0 Å². The molecule has 4 aromatic carbocycles. The number of benzene rings is 4. The highest BCUT2D eigenvalue weighted by molar-refractivity contribution is 6.38. The molecule has 0 aliphatic carbocycles. The molecular formula is C56H78Cl6N2O11. The number of carbonyl (C=O) groups excluding carboxylic acids is 4. The van der Waals surface area contributed by atoms with E-state index in [9.17, 15) is 19.2 Å². The van der Waals surface area contributed by atoms with Crippen LogP contribution in [0.5, 0.6) is 23.0 Å². The average molecular weight is 1170 g/mol. The van der Waals surface area contributed by atoms with E-state index in [1.54, 1.807) is 65.6 Å². The molecule has 0 atom stereocenters. The van der Waals surface area contributed by atoms with Gasteiger partial charge in [0.1, 0.15) is 22.8 Å². The number of hydrogen-bond acceptors (Lipinski definition) is 12. The Kier molecular flexibility index (Phi) is 43.1. The summed E-state index contributed by atoms with van der Waals surface area (Å²) in [5.41, 5.74) is 2.21. The van der Waals surface area contributed by atoms with E-state index in [2.05, 4.69) is 53.1 Å². The van der Waals surface area contributed by atoms with Crippen molar-refractivity contribution in [3.05, 3.63) is 127 Å². The summed E-state index contributed by atoms with van der Waals surface area (Å²) in [6, 6.07) is 19.9. The Morgan fingerprint density at radius 1 is 0.653 bits per heavy atom. The van der Waals surface area contributed by atoms with E-state index in [4.69, 9.17) is 91.6 Å². The van der Waals surface area contributed by atoms with Gasteiger partial charge in [-0.15, -0.1) is 16.8 Å². The van der Waals surface area contributed by atoms with Gasteiger partial charge >= 0.3 is 5.97 Å². The number of ketones is 3. The maximum atomic E-state index is 12.3. The molecule has 0 aromatic heterocycles. The topological polar surface area (TPSA) is 161 Å². The number of allylic oxidation sites excluding steroid dienone is 1. The highest BCUT2D eigenvalue weighted by Gasteiger charge is 2.22. The molecule has 4 aromatic rings. The highest BCUT2D eigenvalue weighted by Crippen LogP contribution is 2.36. The van der Waals surface area contributed by atoms with Crippen molar-refractivity contribution in [3.63, 3.8) is 0 Å². The number of rotatable bonds is 23. The summed E-state index contributed by atoms with van der Waals surface area (Å²) < 4.78 is 31.3. The number of Topliss-reactive ketones (excluding diaryl/α,β-unsaturated/α-hetero) is 3. The van der Waals surface area contributed by atoms with Gasteiger partial charge in [-0.2, -0.15) is 0 Å². The van der Waals surface area contributed by atoms with E-state index in [0.717, 1.165) is 63.2 Å². The van der Waals surface area contributed by atoms with Crippen molar-refractivity contribution < 1.29 is 71.5 Å². The normalized spacial score (nSPS) is 10.7. The highest BCUT2D eigenvalue weighted by atomic mass is 35.5. The minimum Gasteiger partial charge on any atom is -1.00 e. The Morgan fingerprint density at radius 3 is 1.40 bits per heavy atom. The average Bonchev–Trinajstić information content (AvgIpc) is 4.01. The number of esters is 1. The van der Waals surface area contributed by atoms with Gasteiger partial charge in [-0.3, -0.25) is 14.4 Å². The molecule has 75 heavy (non-hydrogen) atoms. The van der Waals surface area contributed by atoms with Crippen LogP contribution in [0.1, 0.15) is 136 Å². The number of unbranched alkanes of at least 4 members (excludes halogenated alkanes) is 2. The fourth-order valence-corrected chi connectivity index (χ4v) is 7.23. The number of hydrogen-bond donors (Lipinski definition) is 2.